The maximum Gasteiger partial charge on any atom is 0.260 e. The highest BCUT2D eigenvalue weighted by Gasteiger charge is 2.19. The third-order valence-corrected chi connectivity index (χ3v) is 3.25. The summed E-state index contributed by atoms with van der Waals surface area (Å²) in [5.41, 5.74) is 6.36. The van der Waals surface area contributed by atoms with E-state index in [4.69, 9.17) is 10.5 Å². The van der Waals surface area contributed by atoms with Crippen LogP contribution in [-0.2, 0) is 4.79 Å². The largest absolute Gasteiger partial charge is 0.481 e. The summed E-state index contributed by atoms with van der Waals surface area (Å²) in [5.74, 6) is -0.114. The SMILES string of the molecule is CCCC(C)NC(=O)C(C)Oc1ccc(F)cc1C(C)N. The predicted molar refractivity (Wildman–Crippen MR) is 81.6 cm³/mol. The van der Waals surface area contributed by atoms with Gasteiger partial charge in [0.05, 0.1) is 0 Å². The van der Waals surface area contributed by atoms with Crippen molar-refractivity contribution in [2.24, 2.45) is 5.73 Å². The van der Waals surface area contributed by atoms with E-state index in [0.29, 0.717) is 11.3 Å². The van der Waals surface area contributed by atoms with Gasteiger partial charge in [0.15, 0.2) is 6.10 Å². The predicted octanol–water partition coefficient (Wildman–Crippen LogP) is 2.92. The van der Waals surface area contributed by atoms with Gasteiger partial charge in [-0.2, -0.15) is 0 Å². The van der Waals surface area contributed by atoms with Crippen LogP contribution >= 0.6 is 0 Å². The summed E-state index contributed by atoms with van der Waals surface area (Å²) in [6, 6.07) is 3.88. The molecule has 3 unspecified atom stereocenters. The summed E-state index contributed by atoms with van der Waals surface area (Å²) in [6.45, 7) is 7.44. The van der Waals surface area contributed by atoms with E-state index < -0.39 is 6.10 Å². The fraction of sp³-hybridized carbons (Fsp3) is 0.562. The molecule has 0 aromatic heterocycles. The van der Waals surface area contributed by atoms with Gasteiger partial charge in [-0.3, -0.25) is 4.79 Å². The summed E-state index contributed by atoms with van der Waals surface area (Å²) < 4.78 is 18.9. The van der Waals surface area contributed by atoms with Gasteiger partial charge in [0, 0.05) is 17.6 Å². The molecule has 0 aliphatic heterocycles. The standard InChI is InChI=1S/C16H25FN2O2/c1-5-6-10(2)19-16(20)12(4)21-15-8-7-13(17)9-14(15)11(3)18/h7-12H,5-6,18H2,1-4H3,(H,19,20). The van der Waals surface area contributed by atoms with Gasteiger partial charge in [-0.05, 0) is 45.4 Å². The van der Waals surface area contributed by atoms with Crippen molar-refractivity contribution in [1.82, 2.24) is 5.32 Å². The third-order valence-electron chi connectivity index (χ3n) is 3.25. The summed E-state index contributed by atoms with van der Waals surface area (Å²) in [6.07, 6.45) is 1.26. The molecule has 0 fully saturated rings. The zero-order valence-corrected chi connectivity index (χ0v) is 13.2. The smallest absolute Gasteiger partial charge is 0.260 e. The van der Waals surface area contributed by atoms with Crippen molar-refractivity contribution in [2.45, 2.75) is 58.7 Å². The van der Waals surface area contributed by atoms with E-state index in [9.17, 15) is 9.18 Å². The molecule has 4 nitrogen and oxygen atoms in total. The van der Waals surface area contributed by atoms with Crippen LogP contribution in [0.1, 0.15) is 52.1 Å². The van der Waals surface area contributed by atoms with E-state index in [2.05, 4.69) is 12.2 Å². The number of nitrogens with two attached hydrogens (primary N) is 1. The number of halogens is 1. The summed E-state index contributed by atoms with van der Waals surface area (Å²) >= 11 is 0. The Bertz CT molecular complexity index is 477. The van der Waals surface area contributed by atoms with Gasteiger partial charge in [-0.1, -0.05) is 13.3 Å². The van der Waals surface area contributed by atoms with Crippen LogP contribution in [-0.4, -0.2) is 18.1 Å². The molecule has 3 N–H and O–H groups in total. The van der Waals surface area contributed by atoms with E-state index in [0.717, 1.165) is 12.8 Å². The first kappa shape index (κ1) is 17.4. The second-order valence-corrected chi connectivity index (χ2v) is 5.43. The second kappa shape index (κ2) is 7.98. The molecule has 1 aromatic rings. The zero-order valence-electron chi connectivity index (χ0n) is 13.2. The third kappa shape index (κ3) is 5.34. The molecule has 0 saturated heterocycles. The number of nitrogens with one attached hydrogen (secondary N) is 1. The number of hydrogen-bond acceptors (Lipinski definition) is 3. The van der Waals surface area contributed by atoms with Gasteiger partial charge in [-0.25, -0.2) is 4.39 Å². The number of amides is 1. The minimum absolute atomic E-state index is 0.106. The molecule has 118 valence electrons. The van der Waals surface area contributed by atoms with Crippen LogP contribution < -0.4 is 15.8 Å². The van der Waals surface area contributed by atoms with Crippen molar-refractivity contribution >= 4 is 5.91 Å². The van der Waals surface area contributed by atoms with E-state index in [1.165, 1.54) is 18.2 Å². The van der Waals surface area contributed by atoms with Gasteiger partial charge in [0.25, 0.3) is 5.91 Å². The lowest BCUT2D eigenvalue weighted by molar-refractivity contribution is -0.127. The van der Waals surface area contributed by atoms with Crippen LogP contribution in [0.25, 0.3) is 0 Å². The molecule has 0 bridgehead atoms. The first-order valence-corrected chi connectivity index (χ1v) is 7.37. The van der Waals surface area contributed by atoms with Crippen molar-refractivity contribution < 1.29 is 13.9 Å². The second-order valence-electron chi connectivity index (χ2n) is 5.43. The average Bonchev–Trinajstić information content (AvgIpc) is 2.40. The van der Waals surface area contributed by atoms with E-state index >= 15 is 0 Å². The van der Waals surface area contributed by atoms with Crippen LogP contribution in [0.4, 0.5) is 4.39 Å². The molecule has 0 aliphatic rings. The van der Waals surface area contributed by atoms with Gasteiger partial charge < -0.3 is 15.8 Å². The molecular weight excluding hydrogens is 271 g/mol. The van der Waals surface area contributed by atoms with Crippen LogP contribution in [0.2, 0.25) is 0 Å². The van der Waals surface area contributed by atoms with Crippen LogP contribution in [0.15, 0.2) is 18.2 Å². The summed E-state index contributed by atoms with van der Waals surface area (Å²) in [4.78, 5) is 12.0. The van der Waals surface area contributed by atoms with Crippen molar-refractivity contribution in [3.8, 4) is 5.75 Å². The maximum atomic E-state index is 13.3. The van der Waals surface area contributed by atoms with E-state index in [1.807, 2.05) is 6.92 Å². The van der Waals surface area contributed by atoms with Crippen molar-refractivity contribution in [2.75, 3.05) is 0 Å². The van der Waals surface area contributed by atoms with Crippen LogP contribution in [0.3, 0.4) is 0 Å². The molecule has 0 radical (unpaired) electrons. The van der Waals surface area contributed by atoms with Crippen molar-refractivity contribution in [3.05, 3.63) is 29.6 Å². The maximum absolute atomic E-state index is 13.3. The molecule has 0 spiro atoms. The van der Waals surface area contributed by atoms with Gasteiger partial charge in [0.2, 0.25) is 0 Å². The molecule has 0 heterocycles. The monoisotopic (exact) mass is 296 g/mol. The Hall–Kier alpha value is -1.62. The van der Waals surface area contributed by atoms with Gasteiger partial charge >= 0.3 is 0 Å². The molecule has 0 aliphatic carbocycles. The lowest BCUT2D eigenvalue weighted by atomic mass is 10.1. The Labute approximate surface area is 125 Å². The highest BCUT2D eigenvalue weighted by Crippen LogP contribution is 2.25. The Kier molecular flexibility index (Phi) is 6.62. The van der Waals surface area contributed by atoms with Crippen LogP contribution in [0, 0.1) is 5.82 Å². The number of carbonyl (C=O) groups excluding carboxylic acids is 1. The lowest BCUT2D eigenvalue weighted by Crippen LogP contribution is -2.41. The highest BCUT2D eigenvalue weighted by atomic mass is 19.1. The Balaban J connectivity index is 2.74. The first-order chi connectivity index (χ1) is 9.85. The number of rotatable bonds is 7. The first-order valence-electron chi connectivity index (χ1n) is 7.37. The van der Waals surface area contributed by atoms with Crippen molar-refractivity contribution in [3.63, 3.8) is 0 Å². The molecule has 1 rings (SSSR count). The Morgan fingerprint density at radius 3 is 2.62 bits per heavy atom. The quantitative estimate of drug-likeness (QED) is 0.813. The average molecular weight is 296 g/mol. The summed E-state index contributed by atoms with van der Waals surface area (Å²) in [7, 11) is 0. The lowest BCUT2D eigenvalue weighted by Gasteiger charge is -2.20. The molecular formula is C16H25FN2O2. The topological polar surface area (TPSA) is 64.3 Å². The molecule has 3 atom stereocenters. The molecule has 1 amide bonds. The van der Waals surface area contributed by atoms with E-state index in [1.54, 1.807) is 13.8 Å². The van der Waals surface area contributed by atoms with Gasteiger partial charge in [0.1, 0.15) is 11.6 Å². The number of ether oxygens (including phenoxy) is 1. The molecule has 0 saturated carbocycles. The zero-order chi connectivity index (χ0) is 16.0. The fourth-order valence-corrected chi connectivity index (χ4v) is 2.09. The Morgan fingerprint density at radius 1 is 1.38 bits per heavy atom. The Morgan fingerprint density at radius 2 is 2.05 bits per heavy atom. The minimum Gasteiger partial charge on any atom is -0.481 e. The highest BCUT2D eigenvalue weighted by molar-refractivity contribution is 5.81. The summed E-state index contributed by atoms with van der Waals surface area (Å²) in [5, 5.41) is 2.89. The molecule has 1 aromatic carbocycles. The minimum atomic E-state index is -0.660. The van der Waals surface area contributed by atoms with Crippen molar-refractivity contribution in [1.29, 1.82) is 0 Å². The number of hydrogen-bond donors (Lipinski definition) is 2. The number of carbonyl (C=O) groups is 1. The normalized spacial score (nSPS) is 15.1. The molecule has 21 heavy (non-hydrogen) atoms. The van der Waals surface area contributed by atoms with E-state index in [-0.39, 0.29) is 23.8 Å². The molecule has 5 heteroatoms. The number of benzene rings is 1. The van der Waals surface area contributed by atoms with Crippen LogP contribution in [0.5, 0.6) is 5.75 Å². The fourth-order valence-electron chi connectivity index (χ4n) is 2.09. The van der Waals surface area contributed by atoms with Gasteiger partial charge in [-0.15, -0.1) is 0 Å².